The van der Waals surface area contributed by atoms with Gasteiger partial charge in [-0.25, -0.2) is 4.39 Å². The van der Waals surface area contributed by atoms with Crippen LogP contribution in [0.3, 0.4) is 0 Å². The Hall–Kier alpha value is -1.13. The molecule has 106 valence electrons. The molecule has 1 aromatic carbocycles. The maximum Gasteiger partial charge on any atom is 0.123 e. The van der Waals surface area contributed by atoms with E-state index in [1.165, 1.54) is 18.9 Å². The van der Waals surface area contributed by atoms with Gasteiger partial charge in [0.25, 0.3) is 0 Å². The van der Waals surface area contributed by atoms with Crippen molar-refractivity contribution in [2.45, 2.75) is 31.8 Å². The molecule has 0 spiro atoms. The van der Waals surface area contributed by atoms with Gasteiger partial charge in [0.05, 0.1) is 0 Å². The van der Waals surface area contributed by atoms with E-state index in [-0.39, 0.29) is 11.9 Å². The average molecular weight is 266 g/mol. The number of fused-ring (bicyclic) bond motifs is 1. The van der Waals surface area contributed by atoms with Crippen molar-refractivity contribution < 1.29 is 9.13 Å². The second-order valence-electron chi connectivity index (χ2n) is 5.31. The number of nitrogens with two attached hydrogens (primary N) is 1. The highest BCUT2D eigenvalue weighted by Gasteiger charge is 2.24. The first kappa shape index (κ1) is 14.3. The summed E-state index contributed by atoms with van der Waals surface area (Å²) >= 11 is 0. The van der Waals surface area contributed by atoms with Gasteiger partial charge in [0.2, 0.25) is 0 Å². The fraction of sp³-hybridized carbons (Fsp3) is 0.600. The lowest BCUT2D eigenvalue weighted by molar-refractivity contribution is 0.167. The summed E-state index contributed by atoms with van der Waals surface area (Å²) in [6, 6.07) is 4.76. The van der Waals surface area contributed by atoms with E-state index in [4.69, 9.17) is 10.5 Å². The topological polar surface area (TPSA) is 38.5 Å². The van der Waals surface area contributed by atoms with Gasteiger partial charge in [-0.05, 0) is 51.2 Å². The summed E-state index contributed by atoms with van der Waals surface area (Å²) in [6.07, 6.45) is 4.40. The first-order chi connectivity index (χ1) is 9.19. The van der Waals surface area contributed by atoms with Gasteiger partial charge in [0.1, 0.15) is 17.7 Å². The predicted octanol–water partition coefficient (Wildman–Crippen LogP) is 2.19. The molecule has 0 saturated carbocycles. The van der Waals surface area contributed by atoms with Gasteiger partial charge in [0, 0.05) is 18.5 Å². The van der Waals surface area contributed by atoms with Crippen LogP contribution in [0.4, 0.5) is 4.39 Å². The lowest BCUT2D eigenvalue weighted by Crippen LogP contribution is -2.32. The highest BCUT2D eigenvalue weighted by Crippen LogP contribution is 2.29. The van der Waals surface area contributed by atoms with E-state index in [1.807, 2.05) is 0 Å². The second kappa shape index (κ2) is 6.87. The molecule has 0 amide bonds. The molecule has 0 aliphatic carbocycles. The van der Waals surface area contributed by atoms with E-state index >= 15 is 0 Å². The van der Waals surface area contributed by atoms with Crippen molar-refractivity contribution in [3.05, 3.63) is 29.6 Å². The summed E-state index contributed by atoms with van der Waals surface area (Å²) in [5.41, 5.74) is 6.46. The number of hydrogen-bond acceptors (Lipinski definition) is 3. The van der Waals surface area contributed by atoms with Gasteiger partial charge in [-0.2, -0.15) is 0 Å². The van der Waals surface area contributed by atoms with Crippen LogP contribution in [-0.2, 0) is 6.42 Å². The molecule has 0 radical (unpaired) electrons. The van der Waals surface area contributed by atoms with Gasteiger partial charge in [-0.3, -0.25) is 0 Å². The van der Waals surface area contributed by atoms with Crippen molar-refractivity contribution in [2.75, 3.05) is 26.7 Å². The molecule has 4 heteroatoms. The van der Waals surface area contributed by atoms with Gasteiger partial charge < -0.3 is 15.4 Å². The third kappa shape index (κ3) is 4.18. The minimum absolute atomic E-state index is 0.149. The first-order valence-corrected chi connectivity index (χ1v) is 7.02. The van der Waals surface area contributed by atoms with E-state index in [0.29, 0.717) is 0 Å². The van der Waals surface area contributed by atoms with E-state index in [1.54, 1.807) is 12.1 Å². The van der Waals surface area contributed by atoms with Crippen LogP contribution in [0, 0.1) is 5.82 Å². The summed E-state index contributed by atoms with van der Waals surface area (Å²) in [5, 5.41) is 0. The molecule has 1 aliphatic heterocycles. The zero-order valence-corrected chi connectivity index (χ0v) is 11.6. The van der Waals surface area contributed by atoms with Crippen molar-refractivity contribution in [3.8, 4) is 5.75 Å². The molecular formula is C15H23FN2O. The molecule has 3 nitrogen and oxygen atoms in total. The van der Waals surface area contributed by atoms with Gasteiger partial charge >= 0.3 is 0 Å². The fourth-order valence-electron chi connectivity index (χ4n) is 2.53. The maximum absolute atomic E-state index is 13.1. The Balaban J connectivity index is 1.74. The van der Waals surface area contributed by atoms with Crippen LogP contribution in [0.15, 0.2) is 18.2 Å². The van der Waals surface area contributed by atoms with E-state index < -0.39 is 0 Å². The third-order valence-corrected chi connectivity index (χ3v) is 3.52. The second-order valence-corrected chi connectivity index (χ2v) is 5.31. The van der Waals surface area contributed by atoms with E-state index in [2.05, 4.69) is 11.9 Å². The zero-order chi connectivity index (χ0) is 13.7. The van der Waals surface area contributed by atoms with Gasteiger partial charge in [0.15, 0.2) is 0 Å². The summed E-state index contributed by atoms with van der Waals surface area (Å²) in [5.74, 6) is 0.654. The van der Waals surface area contributed by atoms with Crippen LogP contribution < -0.4 is 10.5 Å². The van der Waals surface area contributed by atoms with Crippen molar-refractivity contribution in [1.82, 2.24) is 4.90 Å². The molecule has 19 heavy (non-hydrogen) atoms. The summed E-state index contributed by atoms with van der Waals surface area (Å²) in [4.78, 5) is 2.28. The lowest BCUT2D eigenvalue weighted by Gasteiger charge is -2.20. The Morgan fingerprint density at radius 1 is 1.37 bits per heavy atom. The molecular weight excluding hydrogens is 243 g/mol. The number of halogens is 1. The van der Waals surface area contributed by atoms with E-state index in [9.17, 15) is 4.39 Å². The van der Waals surface area contributed by atoms with Crippen molar-refractivity contribution in [1.29, 1.82) is 0 Å². The molecule has 1 unspecified atom stereocenters. The third-order valence-electron chi connectivity index (χ3n) is 3.52. The van der Waals surface area contributed by atoms with Crippen LogP contribution in [0.1, 0.15) is 24.8 Å². The predicted molar refractivity (Wildman–Crippen MR) is 74.9 cm³/mol. The Labute approximate surface area is 114 Å². The van der Waals surface area contributed by atoms with Crippen LogP contribution in [0.5, 0.6) is 5.75 Å². The van der Waals surface area contributed by atoms with E-state index in [0.717, 1.165) is 43.8 Å². The largest absolute Gasteiger partial charge is 0.488 e. The summed E-state index contributed by atoms with van der Waals surface area (Å²) in [6.45, 7) is 2.72. The molecule has 2 rings (SSSR count). The Morgan fingerprint density at radius 2 is 2.21 bits per heavy atom. The first-order valence-electron chi connectivity index (χ1n) is 7.02. The molecule has 0 aromatic heterocycles. The van der Waals surface area contributed by atoms with Crippen LogP contribution in [0.25, 0.3) is 0 Å². The standard InChI is InChI=1S/C15H23FN2O/c1-18(8-4-2-3-7-17)11-14-10-12-9-13(16)5-6-15(12)19-14/h5-6,9,14H,2-4,7-8,10-11,17H2,1H3. The fourth-order valence-corrected chi connectivity index (χ4v) is 2.53. The number of hydrogen-bond donors (Lipinski definition) is 1. The minimum atomic E-state index is -0.182. The molecule has 2 N–H and O–H groups in total. The van der Waals surface area contributed by atoms with Crippen LogP contribution in [0.2, 0.25) is 0 Å². The SMILES string of the molecule is CN(CCCCCN)CC1Cc2cc(F)ccc2O1. The molecule has 1 atom stereocenters. The summed E-state index contributed by atoms with van der Waals surface area (Å²) < 4.78 is 18.9. The molecule has 0 fully saturated rings. The number of rotatable bonds is 7. The minimum Gasteiger partial charge on any atom is -0.488 e. The molecule has 1 heterocycles. The number of unbranched alkanes of at least 4 members (excludes halogenated alkanes) is 2. The average Bonchev–Trinajstić information content (AvgIpc) is 2.76. The molecule has 0 bridgehead atoms. The zero-order valence-electron chi connectivity index (χ0n) is 11.6. The Bertz CT molecular complexity index is 411. The lowest BCUT2D eigenvalue weighted by atomic mass is 10.1. The van der Waals surface area contributed by atoms with Gasteiger partial charge in [-0.15, -0.1) is 0 Å². The van der Waals surface area contributed by atoms with Crippen LogP contribution in [-0.4, -0.2) is 37.7 Å². The number of likely N-dealkylation sites (N-methyl/N-ethyl adjacent to an activating group) is 1. The number of nitrogens with zero attached hydrogens (tertiary/aromatic N) is 1. The molecule has 1 aliphatic rings. The number of ether oxygens (including phenoxy) is 1. The number of benzene rings is 1. The highest BCUT2D eigenvalue weighted by atomic mass is 19.1. The monoisotopic (exact) mass is 266 g/mol. The van der Waals surface area contributed by atoms with Crippen molar-refractivity contribution >= 4 is 0 Å². The molecule has 0 saturated heterocycles. The Morgan fingerprint density at radius 3 is 3.00 bits per heavy atom. The van der Waals surface area contributed by atoms with Gasteiger partial charge in [-0.1, -0.05) is 6.42 Å². The quantitative estimate of drug-likeness (QED) is 0.769. The Kier molecular flexibility index (Phi) is 5.16. The highest BCUT2D eigenvalue weighted by molar-refractivity contribution is 5.37. The normalized spacial score (nSPS) is 17.6. The van der Waals surface area contributed by atoms with Crippen LogP contribution >= 0.6 is 0 Å². The smallest absolute Gasteiger partial charge is 0.123 e. The van der Waals surface area contributed by atoms with Crippen molar-refractivity contribution in [2.24, 2.45) is 5.73 Å². The van der Waals surface area contributed by atoms with Crippen molar-refractivity contribution in [3.63, 3.8) is 0 Å². The maximum atomic E-state index is 13.1. The summed E-state index contributed by atoms with van der Waals surface area (Å²) in [7, 11) is 2.11. The molecule has 1 aromatic rings.